The molecule has 114 valence electrons. The van der Waals surface area contributed by atoms with Gasteiger partial charge in [0.25, 0.3) is 0 Å². The Morgan fingerprint density at radius 3 is 2.67 bits per heavy atom. The van der Waals surface area contributed by atoms with E-state index in [0.29, 0.717) is 6.04 Å². The summed E-state index contributed by atoms with van der Waals surface area (Å²) in [5.74, 6) is 0.832. The van der Waals surface area contributed by atoms with E-state index in [-0.39, 0.29) is 5.91 Å². The van der Waals surface area contributed by atoms with E-state index in [1.807, 2.05) is 42.3 Å². The number of methoxy groups -OCH3 is 1. The Hall–Kier alpha value is -1.81. The molecule has 4 nitrogen and oxygen atoms in total. The first kappa shape index (κ1) is 15.6. The third-order valence-corrected chi connectivity index (χ3v) is 4.13. The van der Waals surface area contributed by atoms with Gasteiger partial charge >= 0.3 is 0 Å². The first-order valence-electron chi connectivity index (χ1n) is 7.38. The molecular formula is C17H24N2O2. The van der Waals surface area contributed by atoms with Crippen molar-refractivity contribution in [1.82, 2.24) is 9.80 Å². The molecule has 0 unspecified atom stereocenters. The molecule has 21 heavy (non-hydrogen) atoms. The van der Waals surface area contributed by atoms with Gasteiger partial charge in [0.2, 0.25) is 5.91 Å². The van der Waals surface area contributed by atoms with Crippen LogP contribution in [-0.4, -0.2) is 56.0 Å². The quantitative estimate of drug-likeness (QED) is 0.797. The van der Waals surface area contributed by atoms with Gasteiger partial charge in [0.15, 0.2) is 0 Å². The largest absolute Gasteiger partial charge is 0.496 e. The highest BCUT2D eigenvalue weighted by Crippen LogP contribution is 2.19. The zero-order valence-corrected chi connectivity index (χ0v) is 13.1. The maximum atomic E-state index is 12.3. The summed E-state index contributed by atoms with van der Waals surface area (Å²) in [5.41, 5.74) is 0.921. The number of para-hydroxylation sites is 1. The van der Waals surface area contributed by atoms with Crippen molar-refractivity contribution in [2.45, 2.75) is 18.9 Å². The van der Waals surface area contributed by atoms with Crippen LogP contribution in [0.5, 0.6) is 5.75 Å². The Morgan fingerprint density at radius 1 is 1.33 bits per heavy atom. The van der Waals surface area contributed by atoms with Crippen LogP contribution in [0.25, 0.3) is 6.08 Å². The molecule has 1 heterocycles. The zero-order valence-electron chi connectivity index (χ0n) is 13.1. The molecule has 0 aromatic heterocycles. The molecule has 0 aliphatic carbocycles. The summed E-state index contributed by atoms with van der Waals surface area (Å²) in [6, 6.07) is 8.04. The molecular weight excluding hydrogens is 264 g/mol. The second kappa shape index (κ2) is 7.27. The number of ether oxygens (including phenoxy) is 1. The fourth-order valence-corrected chi connectivity index (χ4v) is 2.64. The number of likely N-dealkylation sites (tertiary alicyclic amines) is 1. The van der Waals surface area contributed by atoms with Crippen molar-refractivity contribution in [3.63, 3.8) is 0 Å². The average Bonchev–Trinajstić information content (AvgIpc) is 2.52. The van der Waals surface area contributed by atoms with E-state index in [9.17, 15) is 4.79 Å². The van der Waals surface area contributed by atoms with E-state index in [1.165, 1.54) is 0 Å². The first-order valence-corrected chi connectivity index (χ1v) is 7.38. The van der Waals surface area contributed by atoms with Crippen molar-refractivity contribution < 1.29 is 9.53 Å². The van der Waals surface area contributed by atoms with Crippen molar-refractivity contribution in [2.24, 2.45) is 0 Å². The smallest absolute Gasteiger partial charge is 0.246 e. The van der Waals surface area contributed by atoms with Crippen molar-refractivity contribution in [1.29, 1.82) is 0 Å². The van der Waals surface area contributed by atoms with Gasteiger partial charge in [-0.05, 0) is 45.1 Å². The predicted octanol–water partition coefficient (Wildman–Crippen LogP) is 2.26. The lowest BCUT2D eigenvalue weighted by atomic mass is 10.0. The maximum Gasteiger partial charge on any atom is 0.246 e. The Kier molecular flexibility index (Phi) is 5.39. The minimum Gasteiger partial charge on any atom is -0.496 e. The van der Waals surface area contributed by atoms with E-state index >= 15 is 0 Å². The number of nitrogens with zero attached hydrogens (tertiary/aromatic N) is 2. The Morgan fingerprint density at radius 2 is 2.00 bits per heavy atom. The summed E-state index contributed by atoms with van der Waals surface area (Å²) in [6.45, 7) is 2.11. The second-order valence-electron chi connectivity index (χ2n) is 5.56. The molecule has 0 atom stereocenters. The molecule has 2 rings (SSSR count). The lowest BCUT2D eigenvalue weighted by molar-refractivity contribution is -0.127. The molecule has 4 heteroatoms. The summed E-state index contributed by atoms with van der Waals surface area (Å²) in [6.07, 6.45) is 5.55. The minimum absolute atomic E-state index is 0.0514. The van der Waals surface area contributed by atoms with E-state index in [0.717, 1.165) is 37.2 Å². The number of amides is 1. The van der Waals surface area contributed by atoms with Gasteiger partial charge in [0, 0.05) is 24.7 Å². The number of likely N-dealkylation sites (N-methyl/N-ethyl adjacent to an activating group) is 1. The monoisotopic (exact) mass is 288 g/mol. The molecule has 0 saturated carbocycles. The van der Waals surface area contributed by atoms with Crippen LogP contribution < -0.4 is 4.74 Å². The summed E-state index contributed by atoms with van der Waals surface area (Å²) >= 11 is 0. The molecule has 0 spiro atoms. The number of carbonyl (C=O) groups is 1. The van der Waals surface area contributed by atoms with Crippen LogP contribution in [0.3, 0.4) is 0 Å². The van der Waals surface area contributed by atoms with Gasteiger partial charge in [-0.2, -0.15) is 0 Å². The van der Waals surface area contributed by atoms with E-state index in [2.05, 4.69) is 11.9 Å². The van der Waals surface area contributed by atoms with Crippen molar-refractivity contribution in [2.75, 3.05) is 34.3 Å². The fraction of sp³-hybridized carbons (Fsp3) is 0.471. The number of piperidine rings is 1. The SMILES string of the molecule is COc1ccccc1/C=C/C(=O)N(C)C1CCN(C)CC1. The maximum absolute atomic E-state index is 12.3. The van der Waals surface area contributed by atoms with Crippen LogP contribution in [0.4, 0.5) is 0 Å². The van der Waals surface area contributed by atoms with E-state index in [1.54, 1.807) is 13.2 Å². The van der Waals surface area contributed by atoms with Crippen molar-refractivity contribution in [3.05, 3.63) is 35.9 Å². The summed E-state index contributed by atoms with van der Waals surface area (Å²) < 4.78 is 5.28. The summed E-state index contributed by atoms with van der Waals surface area (Å²) in [4.78, 5) is 16.4. The Bertz CT molecular complexity index is 505. The molecule has 1 aliphatic rings. The van der Waals surface area contributed by atoms with E-state index < -0.39 is 0 Å². The van der Waals surface area contributed by atoms with Crippen LogP contribution in [0, 0.1) is 0 Å². The zero-order chi connectivity index (χ0) is 15.2. The Balaban J connectivity index is 1.98. The number of hydrogen-bond donors (Lipinski definition) is 0. The molecule has 1 aromatic rings. The number of hydrogen-bond acceptors (Lipinski definition) is 3. The molecule has 1 aromatic carbocycles. The van der Waals surface area contributed by atoms with Crippen LogP contribution in [-0.2, 0) is 4.79 Å². The second-order valence-corrected chi connectivity index (χ2v) is 5.56. The van der Waals surface area contributed by atoms with Gasteiger partial charge in [0.1, 0.15) is 5.75 Å². The molecule has 1 aliphatic heterocycles. The van der Waals surface area contributed by atoms with Crippen LogP contribution in [0.15, 0.2) is 30.3 Å². The third kappa shape index (κ3) is 4.08. The van der Waals surface area contributed by atoms with Crippen LogP contribution >= 0.6 is 0 Å². The van der Waals surface area contributed by atoms with Gasteiger partial charge < -0.3 is 14.5 Å². The highest BCUT2D eigenvalue weighted by Gasteiger charge is 2.22. The van der Waals surface area contributed by atoms with Crippen molar-refractivity contribution in [3.8, 4) is 5.75 Å². The molecule has 0 bridgehead atoms. The van der Waals surface area contributed by atoms with Crippen LogP contribution in [0.1, 0.15) is 18.4 Å². The highest BCUT2D eigenvalue weighted by molar-refractivity contribution is 5.92. The third-order valence-electron chi connectivity index (χ3n) is 4.13. The van der Waals surface area contributed by atoms with Gasteiger partial charge in [-0.1, -0.05) is 18.2 Å². The predicted molar refractivity (Wildman–Crippen MR) is 85.3 cm³/mol. The normalized spacial score (nSPS) is 17.1. The van der Waals surface area contributed by atoms with Gasteiger partial charge in [-0.15, -0.1) is 0 Å². The lowest BCUT2D eigenvalue weighted by Gasteiger charge is -2.34. The fourth-order valence-electron chi connectivity index (χ4n) is 2.64. The highest BCUT2D eigenvalue weighted by atomic mass is 16.5. The molecule has 0 radical (unpaired) electrons. The number of carbonyl (C=O) groups excluding carboxylic acids is 1. The topological polar surface area (TPSA) is 32.8 Å². The van der Waals surface area contributed by atoms with Gasteiger partial charge in [-0.25, -0.2) is 0 Å². The first-order chi connectivity index (χ1) is 10.1. The number of benzene rings is 1. The Labute approximate surface area is 127 Å². The molecule has 1 fully saturated rings. The summed E-state index contributed by atoms with van der Waals surface area (Å²) in [5, 5.41) is 0. The average molecular weight is 288 g/mol. The molecule has 1 amide bonds. The van der Waals surface area contributed by atoms with Crippen LogP contribution in [0.2, 0.25) is 0 Å². The van der Waals surface area contributed by atoms with Gasteiger partial charge in [0.05, 0.1) is 7.11 Å². The number of rotatable bonds is 4. The van der Waals surface area contributed by atoms with Gasteiger partial charge in [-0.3, -0.25) is 4.79 Å². The minimum atomic E-state index is 0.0514. The lowest BCUT2D eigenvalue weighted by Crippen LogP contribution is -2.43. The van der Waals surface area contributed by atoms with E-state index in [4.69, 9.17) is 4.74 Å². The molecule has 1 saturated heterocycles. The van der Waals surface area contributed by atoms with Crippen molar-refractivity contribution >= 4 is 12.0 Å². The summed E-state index contributed by atoms with van der Waals surface area (Å²) in [7, 11) is 5.66. The standard InChI is InChI=1S/C17H24N2O2/c1-18-12-10-15(11-13-18)19(2)17(20)9-8-14-6-4-5-7-16(14)21-3/h4-9,15H,10-13H2,1-3H3/b9-8+. The molecule has 0 N–H and O–H groups in total.